The van der Waals surface area contributed by atoms with Gasteiger partial charge in [-0.15, -0.1) is 0 Å². The van der Waals surface area contributed by atoms with Crippen molar-refractivity contribution in [3.63, 3.8) is 0 Å². The lowest BCUT2D eigenvalue weighted by Crippen LogP contribution is -2.38. The Hall–Kier alpha value is -2.61. The second kappa shape index (κ2) is 10.3. The fourth-order valence-corrected chi connectivity index (χ4v) is 6.12. The number of rotatable bonds is 10. The van der Waals surface area contributed by atoms with Gasteiger partial charge in [0.05, 0.1) is 23.5 Å². The molecule has 2 heterocycles. The Balaban J connectivity index is 2.08. The summed E-state index contributed by atoms with van der Waals surface area (Å²) in [5, 5.41) is 11.6. The summed E-state index contributed by atoms with van der Waals surface area (Å²) in [7, 11) is -7.81. The number of aryl methyl sites for hydroxylation is 1. The number of non-ortho nitro benzene ring substituents is 1. The van der Waals surface area contributed by atoms with Gasteiger partial charge in [-0.1, -0.05) is 13.0 Å². The number of aromatic nitrogens is 1. The van der Waals surface area contributed by atoms with Crippen molar-refractivity contribution >= 4 is 31.5 Å². The summed E-state index contributed by atoms with van der Waals surface area (Å²) in [5.74, 6) is 0. The highest BCUT2D eigenvalue weighted by Crippen LogP contribution is 2.36. The van der Waals surface area contributed by atoms with Crippen molar-refractivity contribution in [1.29, 1.82) is 0 Å². The zero-order valence-corrected chi connectivity index (χ0v) is 20.9. The molecule has 0 aliphatic carbocycles. The van der Waals surface area contributed by atoms with Gasteiger partial charge < -0.3 is 4.90 Å². The number of nitro groups is 1. The van der Waals surface area contributed by atoms with Gasteiger partial charge in [0, 0.05) is 56.6 Å². The molecule has 0 saturated heterocycles. The molecule has 0 fully saturated rings. The molecule has 186 valence electrons. The fourth-order valence-electron chi connectivity index (χ4n) is 4.02. The van der Waals surface area contributed by atoms with Gasteiger partial charge in [-0.2, -0.15) is 12.7 Å². The molecular weight excluding hydrogens is 484 g/mol. The third kappa shape index (κ3) is 5.90. The van der Waals surface area contributed by atoms with Crippen molar-refractivity contribution in [2.24, 2.45) is 0 Å². The van der Waals surface area contributed by atoms with Crippen molar-refractivity contribution in [1.82, 2.24) is 9.29 Å². The molecule has 1 aliphatic rings. The van der Waals surface area contributed by atoms with E-state index >= 15 is 0 Å². The molecule has 3 rings (SSSR count). The lowest BCUT2D eigenvalue weighted by molar-refractivity contribution is -0.385. The summed E-state index contributed by atoms with van der Waals surface area (Å²) in [4.78, 5) is 16.8. The van der Waals surface area contributed by atoms with Gasteiger partial charge in [-0.05, 0) is 30.5 Å². The second-order valence-electron chi connectivity index (χ2n) is 8.08. The summed E-state index contributed by atoms with van der Waals surface area (Å²) >= 11 is 0. The van der Waals surface area contributed by atoms with Crippen LogP contribution in [0.25, 0.3) is 0 Å². The molecule has 0 saturated carbocycles. The molecule has 34 heavy (non-hydrogen) atoms. The van der Waals surface area contributed by atoms with Crippen LogP contribution >= 0.6 is 0 Å². The van der Waals surface area contributed by atoms with Crippen molar-refractivity contribution in [3.05, 3.63) is 57.4 Å². The van der Waals surface area contributed by atoms with E-state index in [-0.39, 0.29) is 36.8 Å². The van der Waals surface area contributed by atoms with Crippen LogP contribution in [0.5, 0.6) is 0 Å². The molecular formula is C21H28N4O7S2. The van der Waals surface area contributed by atoms with Gasteiger partial charge in [0.25, 0.3) is 15.8 Å². The van der Waals surface area contributed by atoms with Crippen LogP contribution in [0.15, 0.2) is 35.4 Å². The van der Waals surface area contributed by atoms with Crippen LogP contribution in [0.3, 0.4) is 0 Å². The number of pyridine rings is 1. The molecule has 0 spiro atoms. The van der Waals surface area contributed by atoms with Gasteiger partial charge in [-0.3, -0.25) is 19.3 Å². The highest BCUT2D eigenvalue weighted by molar-refractivity contribution is 7.89. The highest BCUT2D eigenvalue weighted by Gasteiger charge is 2.34. The maximum Gasteiger partial charge on any atom is 0.271 e. The van der Waals surface area contributed by atoms with E-state index in [9.17, 15) is 26.9 Å². The zero-order chi connectivity index (χ0) is 25.1. The number of benzene rings is 1. The van der Waals surface area contributed by atoms with Crippen molar-refractivity contribution in [2.75, 3.05) is 37.4 Å². The maximum atomic E-state index is 13.8. The van der Waals surface area contributed by atoms with E-state index in [2.05, 4.69) is 4.98 Å². The molecule has 0 atom stereocenters. The predicted octanol–water partition coefficient (Wildman–Crippen LogP) is 2.24. The number of fused-ring (bicyclic) bond motifs is 1. The summed E-state index contributed by atoms with van der Waals surface area (Å²) in [6, 6.07) is 5.96. The topological polar surface area (TPSA) is 140 Å². The van der Waals surface area contributed by atoms with Crippen LogP contribution in [0.1, 0.15) is 30.2 Å². The minimum absolute atomic E-state index is 0.0921. The van der Waals surface area contributed by atoms with Crippen LogP contribution in [-0.2, 0) is 37.3 Å². The smallest absolute Gasteiger partial charge is 0.271 e. The lowest BCUT2D eigenvalue weighted by atomic mass is 10.1. The average Bonchev–Trinajstić information content (AvgIpc) is 2.76. The van der Waals surface area contributed by atoms with Gasteiger partial charge in [-0.25, -0.2) is 8.42 Å². The standard InChI is InChI=1S/C21H28N4O7S2/c1-4-9-23(11-12-32-33(3,28)29)21-16(2)13-18(25(26)27)14-20(21)34(30,31)24-10-7-19-17(15-24)6-5-8-22-19/h5-6,8,13-14H,4,7,9-12,15H2,1-3H3. The second-order valence-corrected chi connectivity index (χ2v) is 11.6. The Morgan fingerprint density at radius 2 is 1.97 bits per heavy atom. The average molecular weight is 513 g/mol. The van der Waals surface area contributed by atoms with E-state index in [1.807, 2.05) is 13.0 Å². The van der Waals surface area contributed by atoms with Gasteiger partial charge in [0.15, 0.2) is 0 Å². The van der Waals surface area contributed by atoms with E-state index in [1.165, 1.54) is 10.4 Å². The van der Waals surface area contributed by atoms with Crippen molar-refractivity contribution in [3.8, 4) is 0 Å². The Bertz CT molecular complexity index is 1280. The SMILES string of the molecule is CCCN(CCOS(C)(=O)=O)c1c(C)cc([N+](=O)[O-])cc1S(=O)(=O)N1CCc2ncccc2C1. The minimum atomic E-state index is -4.13. The quantitative estimate of drug-likeness (QED) is 0.266. The van der Waals surface area contributed by atoms with Crippen LogP contribution in [0.4, 0.5) is 11.4 Å². The van der Waals surface area contributed by atoms with Crippen LogP contribution in [-0.4, -0.2) is 63.5 Å². The monoisotopic (exact) mass is 512 g/mol. The summed E-state index contributed by atoms with van der Waals surface area (Å²) in [6.07, 6.45) is 3.66. The number of hydrogen-bond acceptors (Lipinski definition) is 9. The largest absolute Gasteiger partial charge is 0.368 e. The van der Waals surface area contributed by atoms with Crippen molar-refractivity contribution < 1.29 is 25.9 Å². The first kappa shape index (κ1) is 26.0. The third-order valence-electron chi connectivity index (χ3n) is 5.48. The minimum Gasteiger partial charge on any atom is -0.368 e. The molecule has 0 radical (unpaired) electrons. The number of nitrogens with zero attached hydrogens (tertiary/aromatic N) is 4. The molecule has 11 nitrogen and oxygen atoms in total. The lowest BCUT2D eigenvalue weighted by Gasteiger charge is -2.32. The molecule has 0 unspecified atom stereocenters. The van der Waals surface area contributed by atoms with Gasteiger partial charge >= 0.3 is 0 Å². The first-order chi connectivity index (χ1) is 15.9. The number of nitro benzene ring substituents is 1. The molecule has 2 aromatic rings. The molecule has 0 bridgehead atoms. The van der Waals surface area contributed by atoms with Gasteiger partial charge in [0.1, 0.15) is 4.90 Å². The molecule has 0 N–H and O–H groups in total. The Kier molecular flexibility index (Phi) is 7.91. The fraction of sp³-hybridized carbons (Fsp3) is 0.476. The van der Waals surface area contributed by atoms with Crippen LogP contribution in [0.2, 0.25) is 0 Å². The highest BCUT2D eigenvalue weighted by atomic mass is 32.2. The van der Waals surface area contributed by atoms with E-state index in [0.29, 0.717) is 30.6 Å². The zero-order valence-electron chi connectivity index (χ0n) is 19.3. The molecule has 1 aromatic heterocycles. The summed E-state index contributed by atoms with van der Waals surface area (Å²) < 4.78 is 56.6. The first-order valence-corrected chi connectivity index (χ1v) is 14.0. The van der Waals surface area contributed by atoms with E-state index in [1.54, 1.807) is 24.1 Å². The Morgan fingerprint density at radius 3 is 2.62 bits per heavy atom. The van der Waals surface area contributed by atoms with E-state index in [0.717, 1.165) is 23.6 Å². The maximum absolute atomic E-state index is 13.8. The Morgan fingerprint density at radius 1 is 1.24 bits per heavy atom. The van der Waals surface area contributed by atoms with Crippen LogP contribution in [0, 0.1) is 17.0 Å². The molecule has 13 heteroatoms. The summed E-state index contributed by atoms with van der Waals surface area (Å²) in [6.45, 7) is 4.12. The first-order valence-electron chi connectivity index (χ1n) is 10.8. The normalized spacial score (nSPS) is 14.6. The number of sulfonamides is 1. The van der Waals surface area contributed by atoms with E-state index < -0.39 is 25.1 Å². The number of anilines is 1. The summed E-state index contributed by atoms with van der Waals surface area (Å²) in [5.41, 5.74) is 1.99. The third-order valence-corrected chi connectivity index (χ3v) is 7.93. The molecule has 1 aromatic carbocycles. The van der Waals surface area contributed by atoms with Gasteiger partial charge in [0.2, 0.25) is 10.0 Å². The van der Waals surface area contributed by atoms with E-state index in [4.69, 9.17) is 4.18 Å². The molecule has 1 aliphatic heterocycles. The molecule has 0 amide bonds. The Labute approximate surface area is 199 Å². The predicted molar refractivity (Wildman–Crippen MR) is 127 cm³/mol. The number of hydrogen-bond donors (Lipinski definition) is 0. The van der Waals surface area contributed by atoms with Crippen LogP contribution < -0.4 is 4.90 Å². The van der Waals surface area contributed by atoms with Crippen molar-refractivity contribution in [2.45, 2.75) is 38.1 Å².